The molecule has 21 heavy (non-hydrogen) atoms. The Morgan fingerprint density at radius 3 is 2.33 bits per heavy atom. The van der Waals surface area contributed by atoms with Crippen LogP contribution in [0.1, 0.15) is 58.3 Å². The summed E-state index contributed by atoms with van der Waals surface area (Å²) in [5, 5.41) is 0. The molecule has 0 fully saturated rings. The van der Waals surface area contributed by atoms with Gasteiger partial charge in [-0.3, -0.25) is 14.1 Å². The number of carbonyl (C=O) groups is 2. The normalized spacial score (nSPS) is 15.6. The highest BCUT2D eigenvalue weighted by Gasteiger charge is 2.27. The maximum Gasteiger partial charge on any atom is 0.298 e. The van der Waals surface area contributed by atoms with E-state index in [1.807, 2.05) is 0 Å². The van der Waals surface area contributed by atoms with Crippen LogP contribution in [0.5, 0.6) is 0 Å². The summed E-state index contributed by atoms with van der Waals surface area (Å²) >= 11 is 0. The van der Waals surface area contributed by atoms with Crippen LogP contribution in [0, 0.1) is 0 Å². The minimum absolute atomic E-state index is 0.121. The topological polar surface area (TPSA) is 88.5 Å². The Morgan fingerprint density at radius 1 is 1.14 bits per heavy atom. The highest BCUT2D eigenvalue weighted by atomic mass is 32.2. The van der Waals surface area contributed by atoms with Crippen LogP contribution in [-0.2, 0) is 19.7 Å². The van der Waals surface area contributed by atoms with Crippen molar-refractivity contribution in [3.63, 3.8) is 0 Å². The molecule has 0 radical (unpaired) electrons. The molecule has 5 nitrogen and oxygen atoms in total. The van der Waals surface area contributed by atoms with E-state index in [1.54, 1.807) is 0 Å². The molecule has 0 aromatic carbocycles. The summed E-state index contributed by atoms with van der Waals surface area (Å²) in [6.07, 6.45) is 8.88. The van der Waals surface area contributed by atoms with Crippen LogP contribution in [0.25, 0.3) is 0 Å². The molecule has 0 bridgehead atoms. The van der Waals surface area contributed by atoms with E-state index in [-0.39, 0.29) is 12.2 Å². The fourth-order valence-corrected chi connectivity index (χ4v) is 2.84. The van der Waals surface area contributed by atoms with Gasteiger partial charge in [-0.25, -0.2) is 0 Å². The fraction of sp³-hybridized carbons (Fsp3) is 0.600. The van der Waals surface area contributed by atoms with E-state index in [4.69, 9.17) is 4.55 Å². The van der Waals surface area contributed by atoms with Crippen LogP contribution in [0.4, 0.5) is 0 Å². The molecule has 0 aromatic rings. The molecule has 0 amide bonds. The molecule has 0 aliphatic heterocycles. The monoisotopic (exact) mass is 314 g/mol. The van der Waals surface area contributed by atoms with E-state index in [0.29, 0.717) is 12.0 Å². The lowest BCUT2D eigenvalue weighted by atomic mass is 9.96. The van der Waals surface area contributed by atoms with Gasteiger partial charge in [0.25, 0.3) is 10.1 Å². The molecule has 0 aromatic heterocycles. The SMILES string of the molecule is CCCCCCCCC(=O)C1=CC=C(S(=O)(=O)O)C(=O)C1. The smallest absolute Gasteiger partial charge is 0.295 e. The lowest BCUT2D eigenvalue weighted by molar-refractivity contribution is -0.119. The maximum absolute atomic E-state index is 11.9. The number of ketones is 2. The molecule has 1 aliphatic rings. The summed E-state index contributed by atoms with van der Waals surface area (Å²) in [7, 11) is -4.50. The van der Waals surface area contributed by atoms with Crippen molar-refractivity contribution >= 4 is 21.7 Å². The number of hydrogen-bond donors (Lipinski definition) is 1. The third-order valence-corrected chi connectivity index (χ3v) is 4.37. The second-order valence-corrected chi connectivity index (χ2v) is 6.63. The largest absolute Gasteiger partial charge is 0.298 e. The number of unbranched alkanes of at least 4 members (excludes halogenated alkanes) is 5. The third kappa shape index (κ3) is 5.93. The van der Waals surface area contributed by atoms with Crippen molar-refractivity contribution in [3.05, 3.63) is 22.6 Å². The van der Waals surface area contributed by atoms with Crippen molar-refractivity contribution in [2.45, 2.75) is 58.3 Å². The first-order chi connectivity index (χ1) is 9.86. The lowest BCUT2D eigenvalue weighted by Crippen LogP contribution is -2.18. The molecule has 0 spiro atoms. The predicted octanol–water partition coefficient (Wildman–Crippen LogP) is 2.98. The van der Waals surface area contributed by atoms with Gasteiger partial charge in [-0.2, -0.15) is 8.42 Å². The number of hydrogen-bond acceptors (Lipinski definition) is 4. The standard InChI is InChI=1S/C15H22O5S/c1-2-3-4-5-6-7-8-13(16)12-9-10-15(14(17)11-12)21(18,19)20/h9-10H,2-8,11H2,1H3,(H,18,19,20). The first-order valence-corrected chi connectivity index (χ1v) is 8.75. The van der Waals surface area contributed by atoms with Gasteiger partial charge in [0.1, 0.15) is 4.91 Å². The van der Waals surface area contributed by atoms with Crippen LogP contribution < -0.4 is 0 Å². The molecule has 6 heteroatoms. The van der Waals surface area contributed by atoms with E-state index in [2.05, 4.69) is 6.92 Å². The van der Waals surface area contributed by atoms with Crippen LogP contribution in [0.15, 0.2) is 22.6 Å². The lowest BCUT2D eigenvalue weighted by Gasteiger charge is -2.11. The zero-order chi connectivity index (χ0) is 15.9. The predicted molar refractivity (Wildman–Crippen MR) is 80.3 cm³/mol. The van der Waals surface area contributed by atoms with Gasteiger partial charge < -0.3 is 0 Å². The molecule has 0 atom stereocenters. The van der Waals surface area contributed by atoms with E-state index in [0.717, 1.165) is 25.3 Å². The summed E-state index contributed by atoms with van der Waals surface area (Å²) in [5.74, 6) is -0.851. The molecule has 0 heterocycles. The average molecular weight is 314 g/mol. The zero-order valence-electron chi connectivity index (χ0n) is 12.3. The van der Waals surface area contributed by atoms with E-state index >= 15 is 0 Å². The third-order valence-electron chi connectivity index (χ3n) is 3.46. The number of allylic oxidation sites excluding steroid dienone is 4. The quantitative estimate of drug-likeness (QED) is 0.522. The molecule has 1 aliphatic carbocycles. The summed E-state index contributed by atoms with van der Waals surface area (Å²) in [6, 6.07) is 0. The van der Waals surface area contributed by atoms with Gasteiger partial charge in [-0.1, -0.05) is 45.1 Å². The second-order valence-electron chi connectivity index (χ2n) is 5.24. The highest BCUT2D eigenvalue weighted by molar-refractivity contribution is 7.90. The van der Waals surface area contributed by atoms with Crippen LogP contribution >= 0.6 is 0 Å². The molecule has 118 valence electrons. The second kappa shape index (κ2) is 8.24. The summed E-state index contributed by atoms with van der Waals surface area (Å²) in [5.41, 5.74) is 0.320. The van der Waals surface area contributed by atoms with Crippen molar-refractivity contribution < 1.29 is 22.6 Å². The van der Waals surface area contributed by atoms with Gasteiger partial charge in [0.2, 0.25) is 0 Å². The first-order valence-electron chi connectivity index (χ1n) is 7.31. The Bertz CT molecular complexity index is 555. The van der Waals surface area contributed by atoms with Gasteiger partial charge in [0, 0.05) is 18.4 Å². The van der Waals surface area contributed by atoms with Crippen LogP contribution in [0.2, 0.25) is 0 Å². The van der Waals surface area contributed by atoms with Gasteiger partial charge in [-0.15, -0.1) is 0 Å². The van der Waals surface area contributed by atoms with Crippen molar-refractivity contribution in [1.82, 2.24) is 0 Å². The number of rotatable bonds is 9. The minimum atomic E-state index is -4.50. The molecular weight excluding hydrogens is 292 g/mol. The molecule has 0 saturated carbocycles. The minimum Gasteiger partial charge on any atom is -0.295 e. The van der Waals surface area contributed by atoms with Crippen molar-refractivity contribution in [3.8, 4) is 0 Å². The van der Waals surface area contributed by atoms with Gasteiger partial charge >= 0.3 is 0 Å². The number of Topliss-reactive ketones (excluding diaryl/α,β-unsaturated/α-hetero) is 2. The highest BCUT2D eigenvalue weighted by Crippen LogP contribution is 2.21. The Hall–Kier alpha value is -1.27. The number of carbonyl (C=O) groups excluding carboxylic acids is 2. The van der Waals surface area contributed by atoms with Gasteiger partial charge in [0.05, 0.1) is 0 Å². The zero-order valence-corrected chi connectivity index (χ0v) is 13.1. The van der Waals surface area contributed by atoms with Crippen molar-refractivity contribution in [1.29, 1.82) is 0 Å². The molecule has 0 saturated heterocycles. The summed E-state index contributed by atoms with van der Waals surface area (Å²) < 4.78 is 30.7. The van der Waals surface area contributed by atoms with E-state index < -0.39 is 20.8 Å². The van der Waals surface area contributed by atoms with E-state index in [9.17, 15) is 18.0 Å². The Morgan fingerprint density at radius 2 is 1.76 bits per heavy atom. The van der Waals surface area contributed by atoms with Gasteiger partial charge in [-0.05, 0) is 12.5 Å². The first kappa shape index (κ1) is 17.8. The molecular formula is C15H22O5S. The maximum atomic E-state index is 11.9. The van der Waals surface area contributed by atoms with Crippen molar-refractivity contribution in [2.75, 3.05) is 0 Å². The Kier molecular flexibility index (Phi) is 6.98. The molecule has 1 rings (SSSR count). The summed E-state index contributed by atoms with van der Waals surface area (Å²) in [6.45, 7) is 2.14. The Labute approximate surface area is 125 Å². The van der Waals surface area contributed by atoms with E-state index in [1.165, 1.54) is 25.3 Å². The fourth-order valence-electron chi connectivity index (χ4n) is 2.24. The average Bonchev–Trinajstić information content (AvgIpc) is 2.41. The molecule has 0 unspecified atom stereocenters. The Balaban J connectivity index is 2.48. The van der Waals surface area contributed by atoms with Crippen LogP contribution in [-0.4, -0.2) is 24.5 Å². The van der Waals surface area contributed by atoms with Crippen LogP contribution in [0.3, 0.4) is 0 Å². The molecule has 1 N–H and O–H groups in total. The summed E-state index contributed by atoms with van der Waals surface area (Å²) in [4.78, 5) is 22.9. The van der Waals surface area contributed by atoms with Crippen molar-refractivity contribution in [2.24, 2.45) is 0 Å². The van der Waals surface area contributed by atoms with Gasteiger partial charge in [0.15, 0.2) is 11.6 Å².